The summed E-state index contributed by atoms with van der Waals surface area (Å²) in [6.07, 6.45) is 3.30. The van der Waals surface area contributed by atoms with Crippen molar-refractivity contribution in [3.8, 4) is 0 Å². The molecule has 1 spiro atoms. The smallest absolute Gasteiger partial charge is 0.237 e. The van der Waals surface area contributed by atoms with Crippen molar-refractivity contribution in [2.75, 3.05) is 24.5 Å². The standard InChI is InChI=1S/C24H26N2O2/c1-2-26-20-11-7-6-10-19(20)24(22(26)28)14-16-25(17-15-24)21(27)23(12-13-23)18-8-4-3-5-9-18/h3-11H,2,12-17H2,1H3. The number of likely N-dealkylation sites (N-methyl/N-ethyl adjacent to an activating group) is 1. The van der Waals surface area contributed by atoms with Gasteiger partial charge in [-0.3, -0.25) is 9.59 Å². The van der Waals surface area contributed by atoms with Crippen LogP contribution in [0.5, 0.6) is 0 Å². The van der Waals surface area contributed by atoms with Gasteiger partial charge in [-0.25, -0.2) is 0 Å². The van der Waals surface area contributed by atoms with Gasteiger partial charge in [0.2, 0.25) is 11.8 Å². The van der Waals surface area contributed by atoms with E-state index in [1.807, 2.05) is 47.1 Å². The molecular weight excluding hydrogens is 348 g/mol. The molecule has 1 saturated heterocycles. The second-order valence-electron chi connectivity index (χ2n) is 8.39. The van der Waals surface area contributed by atoms with E-state index in [1.54, 1.807) is 0 Å². The van der Waals surface area contributed by atoms with Crippen LogP contribution in [0.1, 0.15) is 43.7 Å². The summed E-state index contributed by atoms with van der Waals surface area (Å²) < 4.78 is 0. The first kappa shape index (κ1) is 17.5. The molecule has 4 heteroatoms. The van der Waals surface area contributed by atoms with Gasteiger partial charge in [-0.1, -0.05) is 48.5 Å². The number of carbonyl (C=O) groups excluding carboxylic acids is 2. The van der Waals surface area contributed by atoms with Crippen molar-refractivity contribution in [3.63, 3.8) is 0 Å². The molecule has 4 nitrogen and oxygen atoms in total. The molecule has 1 saturated carbocycles. The molecule has 3 aliphatic rings. The van der Waals surface area contributed by atoms with E-state index in [-0.39, 0.29) is 17.2 Å². The first-order chi connectivity index (χ1) is 13.6. The molecule has 144 valence electrons. The number of likely N-dealkylation sites (tertiary alicyclic amines) is 1. The van der Waals surface area contributed by atoms with Crippen molar-refractivity contribution >= 4 is 17.5 Å². The molecule has 0 atom stereocenters. The Kier molecular flexibility index (Phi) is 3.87. The van der Waals surface area contributed by atoms with Gasteiger partial charge in [0.25, 0.3) is 0 Å². The molecule has 2 aliphatic heterocycles. The molecule has 5 rings (SSSR count). The van der Waals surface area contributed by atoms with Crippen LogP contribution in [0.2, 0.25) is 0 Å². The third-order valence-corrected chi connectivity index (χ3v) is 7.07. The van der Waals surface area contributed by atoms with Gasteiger partial charge in [0, 0.05) is 25.3 Å². The average molecular weight is 374 g/mol. The molecule has 0 bridgehead atoms. The highest BCUT2D eigenvalue weighted by Gasteiger charge is 2.56. The molecular formula is C24H26N2O2. The first-order valence-corrected chi connectivity index (χ1v) is 10.4. The number of fused-ring (bicyclic) bond motifs is 2. The normalized spacial score (nSPS) is 21.7. The second kappa shape index (κ2) is 6.20. The highest BCUT2D eigenvalue weighted by atomic mass is 16.2. The van der Waals surface area contributed by atoms with E-state index in [9.17, 15) is 9.59 Å². The summed E-state index contributed by atoms with van der Waals surface area (Å²) in [6, 6.07) is 18.4. The highest BCUT2D eigenvalue weighted by molar-refractivity contribution is 6.08. The maximum absolute atomic E-state index is 13.4. The van der Waals surface area contributed by atoms with Gasteiger partial charge >= 0.3 is 0 Å². The molecule has 1 aliphatic carbocycles. The summed E-state index contributed by atoms with van der Waals surface area (Å²) >= 11 is 0. The number of rotatable bonds is 3. The molecule has 2 amide bonds. The summed E-state index contributed by atoms with van der Waals surface area (Å²) in [5, 5.41) is 0. The Morgan fingerprint density at radius 3 is 2.21 bits per heavy atom. The first-order valence-electron chi connectivity index (χ1n) is 10.4. The number of carbonyl (C=O) groups is 2. The minimum absolute atomic E-state index is 0.215. The highest BCUT2D eigenvalue weighted by Crippen LogP contribution is 2.52. The average Bonchev–Trinajstić information content (AvgIpc) is 3.53. The van der Waals surface area contributed by atoms with E-state index in [4.69, 9.17) is 0 Å². The maximum atomic E-state index is 13.4. The van der Waals surface area contributed by atoms with Crippen LogP contribution in [0.3, 0.4) is 0 Å². The van der Waals surface area contributed by atoms with Crippen molar-refractivity contribution in [1.82, 2.24) is 4.90 Å². The second-order valence-corrected chi connectivity index (χ2v) is 8.39. The number of amides is 2. The number of hydrogen-bond donors (Lipinski definition) is 0. The predicted molar refractivity (Wildman–Crippen MR) is 109 cm³/mol. The van der Waals surface area contributed by atoms with Crippen molar-refractivity contribution in [2.24, 2.45) is 0 Å². The number of hydrogen-bond acceptors (Lipinski definition) is 2. The summed E-state index contributed by atoms with van der Waals surface area (Å²) in [4.78, 5) is 30.6. The SMILES string of the molecule is CCN1C(=O)C2(CCN(C(=O)C3(c4ccccc4)CC3)CC2)c2ccccc21. The van der Waals surface area contributed by atoms with Gasteiger partial charge in [-0.05, 0) is 49.8 Å². The van der Waals surface area contributed by atoms with Crippen molar-refractivity contribution in [1.29, 1.82) is 0 Å². The lowest BCUT2D eigenvalue weighted by Crippen LogP contribution is -2.52. The Morgan fingerprint density at radius 2 is 1.57 bits per heavy atom. The zero-order valence-electron chi connectivity index (χ0n) is 16.4. The molecule has 0 aromatic heterocycles. The van der Waals surface area contributed by atoms with Crippen LogP contribution < -0.4 is 4.90 Å². The van der Waals surface area contributed by atoms with Gasteiger partial charge in [0.1, 0.15) is 0 Å². The van der Waals surface area contributed by atoms with E-state index < -0.39 is 5.41 Å². The topological polar surface area (TPSA) is 40.6 Å². The van der Waals surface area contributed by atoms with Crippen LogP contribution in [-0.4, -0.2) is 36.3 Å². The fourth-order valence-corrected chi connectivity index (χ4v) is 5.30. The maximum Gasteiger partial charge on any atom is 0.237 e. The third-order valence-electron chi connectivity index (χ3n) is 7.07. The van der Waals surface area contributed by atoms with Crippen LogP contribution in [0.25, 0.3) is 0 Å². The predicted octanol–water partition coefficient (Wildman–Crippen LogP) is 3.65. The molecule has 0 N–H and O–H groups in total. The lowest BCUT2D eigenvalue weighted by Gasteiger charge is -2.40. The molecule has 2 fully saturated rings. The number of para-hydroxylation sites is 1. The van der Waals surface area contributed by atoms with Crippen LogP contribution >= 0.6 is 0 Å². The van der Waals surface area contributed by atoms with E-state index >= 15 is 0 Å². The molecule has 0 radical (unpaired) electrons. The van der Waals surface area contributed by atoms with E-state index in [2.05, 4.69) is 24.3 Å². The summed E-state index contributed by atoms with van der Waals surface area (Å²) in [5.41, 5.74) is 2.57. The minimum atomic E-state index is -0.452. The van der Waals surface area contributed by atoms with Gasteiger partial charge in [0.05, 0.1) is 10.8 Å². The van der Waals surface area contributed by atoms with E-state index in [0.717, 1.165) is 42.5 Å². The van der Waals surface area contributed by atoms with Crippen LogP contribution in [0.4, 0.5) is 5.69 Å². The number of anilines is 1. The van der Waals surface area contributed by atoms with E-state index in [0.29, 0.717) is 19.6 Å². The Labute approximate surface area is 166 Å². The monoisotopic (exact) mass is 374 g/mol. The van der Waals surface area contributed by atoms with Crippen molar-refractivity contribution < 1.29 is 9.59 Å². The Morgan fingerprint density at radius 1 is 0.929 bits per heavy atom. The fraction of sp³-hybridized carbons (Fsp3) is 0.417. The van der Waals surface area contributed by atoms with Crippen LogP contribution in [-0.2, 0) is 20.4 Å². The molecule has 2 aromatic carbocycles. The van der Waals surface area contributed by atoms with Crippen LogP contribution in [0.15, 0.2) is 54.6 Å². The lowest BCUT2D eigenvalue weighted by molar-refractivity contribution is -0.137. The number of benzene rings is 2. The Hall–Kier alpha value is -2.62. The van der Waals surface area contributed by atoms with Gasteiger partial charge in [-0.2, -0.15) is 0 Å². The zero-order valence-corrected chi connectivity index (χ0v) is 16.4. The minimum Gasteiger partial charge on any atom is -0.342 e. The third kappa shape index (κ3) is 2.30. The molecule has 0 unspecified atom stereocenters. The largest absolute Gasteiger partial charge is 0.342 e. The molecule has 2 heterocycles. The summed E-state index contributed by atoms with van der Waals surface area (Å²) in [6.45, 7) is 4.04. The number of piperidine rings is 1. The van der Waals surface area contributed by atoms with E-state index in [1.165, 1.54) is 0 Å². The van der Waals surface area contributed by atoms with Gasteiger partial charge in [-0.15, -0.1) is 0 Å². The van der Waals surface area contributed by atoms with Crippen molar-refractivity contribution in [2.45, 2.75) is 43.4 Å². The fourth-order valence-electron chi connectivity index (χ4n) is 5.30. The summed E-state index contributed by atoms with van der Waals surface area (Å²) in [7, 11) is 0. The quantitative estimate of drug-likeness (QED) is 0.823. The molecule has 28 heavy (non-hydrogen) atoms. The van der Waals surface area contributed by atoms with Crippen molar-refractivity contribution in [3.05, 3.63) is 65.7 Å². The Balaban J connectivity index is 1.39. The van der Waals surface area contributed by atoms with Crippen LogP contribution in [0, 0.1) is 0 Å². The molecule has 2 aromatic rings. The zero-order chi connectivity index (χ0) is 19.4. The van der Waals surface area contributed by atoms with Gasteiger partial charge < -0.3 is 9.80 Å². The van der Waals surface area contributed by atoms with Gasteiger partial charge in [0.15, 0.2) is 0 Å². The number of nitrogens with zero attached hydrogens (tertiary/aromatic N) is 2. The Bertz CT molecular complexity index is 925. The summed E-state index contributed by atoms with van der Waals surface area (Å²) in [5.74, 6) is 0.465. The lowest BCUT2D eigenvalue weighted by atomic mass is 9.73.